The van der Waals surface area contributed by atoms with Gasteiger partial charge in [0.1, 0.15) is 0 Å². The van der Waals surface area contributed by atoms with E-state index in [-0.39, 0.29) is 0 Å². The van der Waals surface area contributed by atoms with Gasteiger partial charge in [-0.3, -0.25) is 5.41 Å². The number of nitrogens with one attached hydrogen (secondary N) is 1. The molecule has 1 saturated heterocycles. The summed E-state index contributed by atoms with van der Waals surface area (Å²) >= 11 is 0. The summed E-state index contributed by atoms with van der Waals surface area (Å²) < 4.78 is 0. The van der Waals surface area contributed by atoms with Gasteiger partial charge in [0.05, 0.1) is 0 Å². The van der Waals surface area contributed by atoms with Crippen LogP contribution < -0.4 is 0 Å². The molecule has 0 atom stereocenters. The second-order valence-corrected chi connectivity index (χ2v) is 3.70. The summed E-state index contributed by atoms with van der Waals surface area (Å²) in [6.45, 7) is 9.57. The van der Waals surface area contributed by atoms with Crippen LogP contribution >= 0.6 is 0 Å². The molecule has 80 valence electrons. The molecule has 1 aliphatic rings. The lowest BCUT2D eigenvalue weighted by Gasteiger charge is -2.34. The predicted octanol–water partition coefficient (Wildman–Crippen LogP) is 1.91. The molecule has 0 aromatic rings. The molecule has 3 heteroatoms. The molecule has 0 unspecified atom stereocenters. The van der Waals surface area contributed by atoms with Gasteiger partial charge in [-0.2, -0.15) is 0 Å². The summed E-state index contributed by atoms with van der Waals surface area (Å²) in [6, 6.07) is 0. The van der Waals surface area contributed by atoms with Crippen molar-refractivity contribution in [2.75, 3.05) is 26.2 Å². The van der Waals surface area contributed by atoms with E-state index in [2.05, 4.69) is 23.3 Å². The largest absolute Gasteiger partial charge is 0.343 e. The van der Waals surface area contributed by atoms with Crippen molar-refractivity contribution in [3.63, 3.8) is 0 Å². The molecule has 1 fully saturated rings. The fourth-order valence-corrected chi connectivity index (χ4v) is 1.83. The van der Waals surface area contributed by atoms with Crippen molar-refractivity contribution >= 4 is 5.96 Å². The smallest absolute Gasteiger partial charge is 0.193 e. The van der Waals surface area contributed by atoms with Crippen molar-refractivity contribution in [1.82, 2.24) is 9.80 Å². The van der Waals surface area contributed by atoms with Crippen molar-refractivity contribution in [1.29, 1.82) is 5.41 Å². The van der Waals surface area contributed by atoms with Crippen molar-refractivity contribution in [2.45, 2.75) is 26.2 Å². The first-order valence-electron chi connectivity index (χ1n) is 5.49. The third kappa shape index (κ3) is 2.76. The number of guanidine groups is 1. The summed E-state index contributed by atoms with van der Waals surface area (Å²) in [4.78, 5) is 4.23. The van der Waals surface area contributed by atoms with Crippen LogP contribution in [0.1, 0.15) is 26.2 Å². The fraction of sp³-hybridized carbons (Fsp3) is 0.727. The quantitative estimate of drug-likeness (QED) is 0.423. The van der Waals surface area contributed by atoms with Crippen LogP contribution in [0.4, 0.5) is 0 Å². The number of hydrogen-bond donors (Lipinski definition) is 1. The minimum atomic E-state index is 0.673. The van der Waals surface area contributed by atoms with Crippen LogP contribution in [0.15, 0.2) is 12.7 Å². The van der Waals surface area contributed by atoms with Crippen molar-refractivity contribution in [3.05, 3.63) is 12.7 Å². The lowest BCUT2D eigenvalue weighted by atomic mass is 10.1. The Hall–Kier alpha value is -0.990. The van der Waals surface area contributed by atoms with E-state index in [0.29, 0.717) is 5.96 Å². The summed E-state index contributed by atoms with van der Waals surface area (Å²) in [6.07, 6.45) is 5.64. The summed E-state index contributed by atoms with van der Waals surface area (Å²) in [5.41, 5.74) is 0. The standard InChI is InChI=1S/C11H21N3/c1-3-8-13(4-2)11(12)14-9-6-5-7-10-14/h3,12H,1,4-10H2,2H3. The Morgan fingerprint density at radius 3 is 2.57 bits per heavy atom. The molecular weight excluding hydrogens is 174 g/mol. The average molecular weight is 195 g/mol. The van der Waals surface area contributed by atoms with Crippen molar-refractivity contribution in [3.8, 4) is 0 Å². The number of nitrogens with zero attached hydrogens (tertiary/aromatic N) is 2. The lowest BCUT2D eigenvalue weighted by Crippen LogP contribution is -2.45. The zero-order valence-corrected chi connectivity index (χ0v) is 9.13. The summed E-state index contributed by atoms with van der Waals surface area (Å²) in [7, 11) is 0. The number of rotatable bonds is 3. The molecule has 0 aromatic carbocycles. The first kappa shape index (κ1) is 11.1. The van der Waals surface area contributed by atoms with Gasteiger partial charge in [0.15, 0.2) is 5.96 Å². The molecule has 3 nitrogen and oxygen atoms in total. The Bertz CT molecular complexity index is 195. The highest BCUT2D eigenvalue weighted by molar-refractivity contribution is 5.77. The Balaban J connectivity index is 2.47. The van der Waals surface area contributed by atoms with Crippen LogP contribution in [0.2, 0.25) is 0 Å². The molecule has 0 spiro atoms. The Morgan fingerprint density at radius 2 is 2.07 bits per heavy atom. The topological polar surface area (TPSA) is 30.3 Å². The highest BCUT2D eigenvalue weighted by Crippen LogP contribution is 2.10. The molecule has 1 N–H and O–H groups in total. The third-order valence-corrected chi connectivity index (χ3v) is 2.69. The molecular formula is C11H21N3. The molecule has 14 heavy (non-hydrogen) atoms. The van der Waals surface area contributed by atoms with E-state index < -0.39 is 0 Å². The molecule has 0 saturated carbocycles. The first-order chi connectivity index (χ1) is 6.79. The Kier molecular flexibility index (Phi) is 4.50. The SMILES string of the molecule is C=CCN(CC)C(=N)N1CCCCC1. The maximum absolute atomic E-state index is 8.05. The van der Waals surface area contributed by atoms with Gasteiger partial charge in [-0.15, -0.1) is 6.58 Å². The van der Waals surface area contributed by atoms with Gasteiger partial charge in [-0.1, -0.05) is 6.08 Å². The fourth-order valence-electron chi connectivity index (χ4n) is 1.83. The van der Waals surface area contributed by atoms with Crippen LogP contribution in [0.3, 0.4) is 0 Å². The number of likely N-dealkylation sites (tertiary alicyclic amines) is 1. The van der Waals surface area contributed by atoms with E-state index in [0.717, 1.165) is 26.2 Å². The summed E-state index contributed by atoms with van der Waals surface area (Å²) in [5, 5.41) is 8.05. The zero-order chi connectivity index (χ0) is 10.4. The second-order valence-electron chi connectivity index (χ2n) is 3.70. The average Bonchev–Trinajstić information content (AvgIpc) is 2.26. The number of likely N-dealkylation sites (N-methyl/N-ethyl adjacent to an activating group) is 1. The zero-order valence-electron chi connectivity index (χ0n) is 9.13. The minimum Gasteiger partial charge on any atom is -0.343 e. The van der Waals surface area contributed by atoms with Gasteiger partial charge in [-0.25, -0.2) is 0 Å². The van der Waals surface area contributed by atoms with Crippen molar-refractivity contribution < 1.29 is 0 Å². The van der Waals surface area contributed by atoms with Gasteiger partial charge in [0, 0.05) is 26.2 Å². The van der Waals surface area contributed by atoms with Crippen LogP contribution in [0.5, 0.6) is 0 Å². The Morgan fingerprint density at radius 1 is 1.43 bits per heavy atom. The molecule has 0 amide bonds. The molecule has 0 radical (unpaired) electrons. The van der Waals surface area contributed by atoms with Gasteiger partial charge >= 0.3 is 0 Å². The molecule has 0 aliphatic carbocycles. The molecule has 1 aliphatic heterocycles. The van der Waals surface area contributed by atoms with Gasteiger partial charge < -0.3 is 9.80 Å². The highest BCUT2D eigenvalue weighted by atomic mass is 15.4. The second kappa shape index (κ2) is 5.68. The van der Waals surface area contributed by atoms with E-state index in [1.807, 2.05) is 6.08 Å². The number of piperidine rings is 1. The van der Waals surface area contributed by atoms with Gasteiger partial charge in [-0.05, 0) is 26.2 Å². The normalized spacial score (nSPS) is 16.5. The maximum Gasteiger partial charge on any atom is 0.193 e. The predicted molar refractivity (Wildman–Crippen MR) is 60.6 cm³/mol. The molecule has 0 bridgehead atoms. The minimum absolute atomic E-state index is 0.673. The van der Waals surface area contributed by atoms with Gasteiger partial charge in [0.25, 0.3) is 0 Å². The van der Waals surface area contributed by atoms with E-state index in [1.54, 1.807) is 0 Å². The molecule has 1 heterocycles. The summed E-state index contributed by atoms with van der Waals surface area (Å²) in [5.74, 6) is 0.673. The van der Waals surface area contributed by atoms with Crippen LogP contribution in [0.25, 0.3) is 0 Å². The lowest BCUT2D eigenvalue weighted by molar-refractivity contribution is 0.290. The maximum atomic E-state index is 8.05. The van der Waals surface area contributed by atoms with Crippen LogP contribution in [-0.4, -0.2) is 41.9 Å². The van der Waals surface area contributed by atoms with Crippen LogP contribution in [-0.2, 0) is 0 Å². The van der Waals surface area contributed by atoms with Gasteiger partial charge in [0.2, 0.25) is 0 Å². The van der Waals surface area contributed by atoms with E-state index in [4.69, 9.17) is 5.41 Å². The monoisotopic (exact) mass is 195 g/mol. The van der Waals surface area contributed by atoms with Crippen molar-refractivity contribution in [2.24, 2.45) is 0 Å². The Labute approximate surface area is 86.9 Å². The number of hydrogen-bond acceptors (Lipinski definition) is 1. The third-order valence-electron chi connectivity index (χ3n) is 2.69. The van der Waals surface area contributed by atoms with Crippen LogP contribution in [0, 0.1) is 5.41 Å². The van der Waals surface area contributed by atoms with E-state index in [9.17, 15) is 0 Å². The molecule has 0 aromatic heterocycles. The van der Waals surface area contributed by atoms with E-state index in [1.165, 1.54) is 19.3 Å². The molecule has 1 rings (SSSR count). The highest BCUT2D eigenvalue weighted by Gasteiger charge is 2.16. The van der Waals surface area contributed by atoms with E-state index >= 15 is 0 Å². The first-order valence-corrected chi connectivity index (χ1v) is 5.49.